The van der Waals surface area contributed by atoms with E-state index < -0.39 is 0 Å². The number of aryl methyl sites for hydroxylation is 1. The van der Waals surface area contributed by atoms with Crippen LogP contribution in [0.25, 0.3) is 0 Å². The summed E-state index contributed by atoms with van der Waals surface area (Å²) < 4.78 is 0. The van der Waals surface area contributed by atoms with Crippen LogP contribution in [0.15, 0.2) is 11.0 Å². The molecule has 0 aliphatic carbocycles. The smallest absolute Gasteiger partial charge is 0.276 e. The summed E-state index contributed by atoms with van der Waals surface area (Å²) in [6, 6.07) is 0. The quantitative estimate of drug-likeness (QED) is 0.504. The maximum Gasteiger partial charge on any atom is 0.276 e. The van der Waals surface area contributed by atoms with Crippen molar-refractivity contribution in [2.45, 2.75) is 6.92 Å². The highest BCUT2D eigenvalue weighted by molar-refractivity contribution is 4.88. The van der Waals surface area contributed by atoms with Gasteiger partial charge in [-0.3, -0.25) is 4.79 Å². The Morgan fingerprint density at radius 3 is 3.00 bits per heavy atom. The third-order valence-corrected chi connectivity index (χ3v) is 0.735. The monoisotopic (exact) mass is 109 g/mol. The molecule has 3 heteroatoms. The predicted octanol–water partition coefficient (Wildman–Crippen LogP) is -0.121. The lowest BCUT2D eigenvalue weighted by molar-refractivity contribution is 1.06. The molecule has 0 spiro atoms. The van der Waals surface area contributed by atoms with Gasteiger partial charge in [0.1, 0.15) is 0 Å². The molecule has 0 amide bonds. The number of hydrogen-bond acceptors (Lipinski definition) is 2. The van der Waals surface area contributed by atoms with Crippen LogP contribution in [-0.2, 0) is 0 Å². The molecule has 0 aliphatic rings. The third kappa shape index (κ3) is 0.932. The second-order valence-electron chi connectivity index (χ2n) is 1.51. The van der Waals surface area contributed by atoms with Gasteiger partial charge in [0.05, 0.1) is 0 Å². The standard InChI is InChI=1S/C5H5N2O/c1-4-2-6-3-5(8)7-4/h2H,1H3,(H,7,8). The number of hydrogen-bond donors (Lipinski definition) is 1. The van der Waals surface area contributed by atoms with E-state index >= 15 is 0 Å². The highest BCUT2D eigenvalue weighted by atomic mass is 16.1. The van der Waals surface area contributed by atoms with Gasteiger partial charge < -0.3 is 4.98 Å². The molecule has 3 nitrogen and oxygen atoms in total. The van der Waals surface area contributed by atoms with Gasteiger partial charge in [-0.15, -0.1) is 0 Å². The Morgan fingerprint density at radius 2 is 2.62 bits per heavy atom. The van der Waals surface area contributed by atoms with Crippen molar-refractivity contribution in [3.63, 3.8) is 0 Å². The summed E-state index contributed by atoms with van der Waals surface area (Å²) in [5, 5.41) is 0. The molecule has 0 unspecified atom stereocenters. The van der Waals surface area contributed by atoms with E-state index in [1.807, 2.05) is 0 Å². The first-order valence-corrected chi connectivity index (χ1v) is 2.22. The van der Waals surface area contributed by atoms with Crippen LogP contribution < -0.4 is 5.56 Å². The SMILES string of the molecule is Cc1cn[c]c(=O)[nH]1. The molecule has 1 aromatic rings. The van der Waals surface area contributed by atoms with Crippen molar-refractivity contribution in [1.82, 2.24) is 9.97 Å². The molecule has 1 heterocycles. The molecular weight excluding hydrogens is 104 g/mol. The van der Waals surface area contributed by atoms with Crippen LogP contribution >= 0.6 is 0 Å². The molecule has 0 saturated carbocycles. The van der Waals surface area contributed by atoms with Crippen molar-refractivity contribution in [3.05, 3.63) is 28.4 Å². The molecule has 1 N–H and O–H groups in total. The fourth-order valence-electron chi connectivity index (χ4n) is 0.427. The third-order valence-electron chi connectivity index (χ3n) is 0.735. The maximum absolute atomic E-state index is 10.3. The highest BCUT2D eigenvalue weighted by Gasteiger charge is 1.81. The Kier molecular flexibility index (Phi) is 1.12. The largest absolute Gasteiger partial charge is 0.323 e. The van der Waals surface area contributed by atoms with E-state index in [2.05, 4.69) is 16.2 Å². The molecular formula is C5H5N2O. The first-order valence-electron chi connectivity index (χ1n) is 2.22. The van der Waals surface area contributed by atoms with Crippen LogP contribution in [0.3, 0.4) is 0 Å². The molecule has 0 fully saturated rings. The lowest BCUT2D eigenvalue weighted by atomic mass is 10.5. The minimum Gasteiger partial charge on any atom is -0.323 e. The summed E-state index contributed by atoms with van der Waals surface area (Å²) in [6.45, 7) is 1.77. The number of aromatic amines is 1. The van der Waals surface area contributed by atoms with Gasteiger partial charge in [0.15, 0.2) is 6.20 Å². The average Bonchev–Trinajstić information content (AvgIpc) is 1.64. The minimum atomic E-state index is -0.273. The van der Waals surface area contributed by atoms with Crippen LogP contribution in [-0.4, -0.2) is 9.97 Å². The average molecular weight is 109 g/mol. The Bertz CT molecular complexity index is 228. The van der Waals surface area contributed by atoms with Crippen molar-refractivity contribution >= 4 is 0 Å². The Hall–Kier alpha value is -1.12. The van der Waals surface area contributed by atoms with Crippen molar-refractivity contribution in [2.75, 3.05) is 0 Å². The summed E-state index contributed by atoms with van der Waals surface area (Å²) in [5.74, 6) is 0. The van der Waals surface area contributed by atoms with Crippen LogP contribution in [0.5, 0.6) is 0 Å². The summed E-state index contributed by atoms with van der Waals surface area (Å²) in [4.78, 5) is 16.3. The van der Waals surface area contributed by atoms with Gasteiger partial charge in [-0.1, -0.05) is 0 Å². The van der Waals surface area contributed by atoms with Gasteiger partial charge in [-0.2, -0.15) is 0 Å². The van der Waals surface area contributed by atoms with E-state index in [0.717, 1.165) is 5.69 Å². The van der Waals surface area contributed by atoms with Gasteiger partial charge in [-0.05, 0) is 6.92 Å². The summed E-state index contributed by atoms with van der Waals surface area (Å²) >= 11 is 0. The first-order chi connectivity index (χ1) is 3.79. The zero-order valence-corrected chi connectivity index (χ0v) is 4.43. The van der Waals surface area contributed by atoms with Crippen molar-refractivity contribution in [2.24, 2.45) is 0 Å². The summed E-state index contributed by atoms with van der Waals surface area (Å²) in [5.41, 5.74) is 0.485. The van der Waals surface area contributed by atoms with E-state index in [4.69, 9.17) is 0 Å². The fraction of sp³-hybridized carbons (Fsp3) is 0.200. The number of rotatable bonds is 0. The van der Waals surface area contributed by atoms with Gasteiger partial charge >= 0.3 is 0 Å². The zero-order chi connectivity index (χ0) is 5.98. The summed E-state index contributed by atoms with van der Waals surface area (Å²) in [7, 11) is 0. The lowest BCUT2D eigenvalue weighted by Gasteiger charge is -1.83. The second kappa shape index (κ2) is 1.78. The van der Waals surface area contributed by atoms with E-state index in [9.17, 15) is 4.79 Å². The molecule has 1 rings (SSSR count). The van der Waals surface area contributed by atoms with Gasteiger partial charge in [0.2, 0.25) is 0 Å². The Balaban J connectivity index is 3.28. The number of aromatic nitrogens is 2. The van der Waals surface area contributed by atoms with Crippen molar-refractivity contribution < 1.29 is 0 Å². The molecule has 41 valence electrons. The van der Waals surface area contributed by atoms with Crippen molar-refractivity contribution in [1.29, 1.82) is 0 Å². The normalized spacial score (nSPS) is 9.12. The maximum atomic E-state index is 10.3. The van der Waals surface area contributed by atoms with Crippen LogP contribution in [0.1, 0.15) is 5.69 Å². The fourth-order valence-corrected chi connectivity index (χ4v) is 0.427. The van der Waals surface area contributed by atoms with Crippen LogP contribution in [0.2, 0.25) is 0 Å². The van der Waals surface area contributed by atoms with Crippen molar-refractivity contribution in [3.8, 4) is 0 Å². The number of nitrogens with one attached hydrogen (secondary N) is 1. The molecule has 0 bridgehead atoms. The molecule has 0 saturated heterocycles. The topological polar surface area (TPSA) is 45.8 Å². The van der Waals surface area contributed by atoms with E-state index in [0.29, 0.717) is 0 Å². The number of H-pyrrole nitrogens is 1. The van der Waals surface area contributed by atoms with E-state index in [1.165, 1.54) is 0 Å². The molecule has 8 heavy (non-hydrogen) atoms. The Morgan fingerprint density at radius 1 is 1.88 bits per heavy atom. The van der Waals surface area contributed by atoms with E-state index in [-0.39, 0.29) is 5.56 Å². The Labute approximate surface area is 46.4 Å². The zero-order valence-electron chi connectivity index (χ0n) is 4.43. The van der Waals surface area contributed by atoms with Crippen LogP contribution in [0, 0.1) is 13.1 Å². The minimum absolute atomic E-state index is 0.273. The molecule has 0 aliphatic heterocycles. The number of nitrogens with zero attached hydrogens (tertiary/aromatic N) is 1. The van der Waals surface area contributed by atoms with Gasteiger partial charge in [0.25, 0.3) is 5.56 Å². The van der Waals surface area contributed by atoms with Crippen LogP contribution in [0.4, 0.5) is 0 Å². The first kappa shape index (κ1) is 5.03. The van der Waals surface area contributed by atoms with E-state index in [1.54, 1.807) is 13.1 Å². The highest BCUT2D eigenvalue weighted by Crippen LogP contribution is 1.76. The second-order valence-corrected chi connectivity index (χ2v) is 1.51. The molecule has 0 atom stereocenters. The van der Waals surface area contributed by atoms with Gasteiger partial charge in [-0.25, -0.2) is 4.98 Å². The lowest BCUT2D eigenvalue weighted by Crippen LogP contribution is -2.05. The molecule has 1 radical (unpaired) electrons. The molecule has 1 aromatic heterocycles. The predicted molar refractivity (Wildman–Crippen MR) is 28.4 cm³/mol. The van der Waals surface area contributed by atoms with Gasteiger partial charge in [0, 0.05) is 11.9 Å². The molecule has 0 aromatic carbocycles. The summed E-state index contributed by atoms with van der Waals surface area (Å²) in [6.07, 6.45) is 3.75.